The third-order valence-corrected chi connectivity index (χ3v) is 5.28. The standard InChI is InChI=1S/C22H37N5O.HI/c1-5-23-22(24-13-9-18-11-15-27(4)16-12-18)25-14-10-19-7-6-8-20(17-19)21(28)26(2)3;/h6-8,17-18H,5,9-16H2,1-4H3,(H2,23,24,25);1H. The summed E-state index contributed by atoms with van der Waals surface area (Å²) in [7, 11) is 5.76. The Kier molecular flexibility index (Phi) is 12.2. The number of carbonyl (C=O) groups excluding carboxylic acids is 1. The third kappa shape index (κ3) is 9.33. The molecule has 0 bridgehead atoms. The maximum atomic E-state index is 12.1. The molecule has 7 heteroatoms. The predicted octanol–water partition coefficient (Wildman–Crippen LogP) is 2.84. The van der Waals surface area contributed by atoms with Crippen LogP contribution in [0, 0.1) is 5.92 Å². The zero-order valence-corrected chi connectivity index (χ0v) is 20.7. The summed E-state index contributed by atoms with van der Waals surface area (Å²) in [6, 6.07) is 7.87. The van der Waals surface area contributed by atoms with Gasteiger partial charge in [0.05, 0.1) is 0 Å². The summed E-state index contributed by atoms with van der Waals surface area (Å²) >= 11 is 0. The number of amides is 1. The molecule has 0 aromatic heterocycles. The normalized spacial score (nSPS) is 15.5. The van der Waals surface area contributed by atoms with Gasteiger partial charge in [-0.05, 0) is 76.4 Å². The fourth-order valence-electron chi connectivity index (χ4n) is 3.49. The topological polar surface area (TPSA) is 60.0 Å². The number of nitrogens with one attached hydrogen (secondary N) is 2. The average molecular weight is 515 g/mol. The van der Waals surface area contributed by atoms with Crippen LogP contribution in [0.15, 0.2) is 29.3 Å². The van der Waals surface area contributed by atoms with Crippen molar-refractivity contribution in [3.05, 3.63) is 35.4 Å². The van der Waals surface area contributed by atoms with Crippen LogP contribution >= 0.6 is 24.0 Å². The second kappa shape index (κ2) is 13.8. The minimum Gasteiger partial charge on any atom is -0.357 e. The van der Waals surface area contributed by atoms with Crippen LogP contribution in [0.2, 0.25) is 0 Å². The zero-order valence-electron chi connectivity index (χ0n) is 18.4. The highest BCUT2D eigenvalue weighted by Crippen LogP contribution is 2.19. The molecule has 1 saturated heterocycles. The van der Waals surface area contributed by atoms with Gasteiger partial charge in [0.25, 0.3) is 5.91 Å². The highest BCUT2D eigenvalue weighted by Gasteiger charge is 2.16. The number of nitrogens with zero attached hydrogens (tertiary/aromatic N) is 3. The van der Waals surface area contributed by atoms with Gasteiger partial charge in [0.15, 0.2) is 5.96 Å². The molecule has 1 heterocycles. The first kappa shape index (κ1) is 25.7. The molecule has 29 heavy (non-hydrogen) atoms. The molecule has 0 spiro atoms. The molecule has 1 aromatic rings. The number of halogens is 1. The number of likely N-dealkylation sites (tertiary alicyclic amines) is 1. The number of hydrogen-bond acceptors (Lipinski definition) is 3. The number of hydrogen-bond donors (Lipinski definition) is 2. The van der Waals surface area contributed by atoms with E-state index < -0.39 is 0 Å². The number of aliphatic imine (C=N–C) groups is 1. The fraction of sp³-hybridized carbons (Fsp3) is 0.636. The molecule has 0 saturated carbocycles. The second-order valence-corrected chi connectivity index (χ2v) is 7.87. The summed E-state index contributed by atoms with van der Waals surface area (Å²) in [4.78, 5) is 20.9. The maximum absolute atomic E-state index is 12.1. The minimum absolute atomic E-state index is 0. The largest absolute Gasteiger partial charge is 0.357 e. The average Bonchev–Trinajstić information content (AvgIpc) is 2.69. The SMILES string of the molecule is CCNC(=NCCC1CCN(C)CC1)NCCc1cccc(C(=O)N(C)C)c1.I. The van der Waals surface area contributed by atoms with E-state index in [0.29, 0.717) is 0 Å². The molecular weight excluding hydrogens is 477 g/mol. The smallest absolute Gasteiger partial charge is 0.253 e. The predicted molar refractivity (Wildman–Crippen MR) is 132 cm³/mol. The molecule has 2 rings (SSSR count). The molecule has 2 N–H and O–H groups in total. The maximum Gasteiger partial charge on any atom is 0.253 e. The summed E-state index contributed by atoms with van der Waals surface area (Å²) in [5.74, 6) is 1.73. The molecular formula is C22H38IN5O. The van der Waals surface area contributed by atoms with Crippen LogP contribution in [-0.4, -0.2) is 75.5 Å². The van der Waals surface area contributed by atoms with Crippen molar-refractivity contribution in [1.29, 1.82) is 0 Å². The van der Waals surface area contributed by atoms with Crippen molar-refractivity contribution in [2.45, 2.75) is 32.6 Å². The Labute approximate surface area is 193 Å². The van der Waals surface area contributed by atoms with Crippen molar-refractivity contribution in [3.8, 4) is 0 Å². The fourth-order valence-corrected chi connectivity index (χ4v) is 3.49. The monoisotopic (exact) mass is 515 g/mol. The van der Waals surface area contributed by atoms with Gasteiger partial charge >= 0.3 is 0 Å². The first-order valence-corrected chi connectivity index (χ1v) is 10.5. The number of carbonyl (C=O) groups is 1. The summed E-state index contributed by atoms with van der Waals surface area (Å²) in [5.41, 5.74) is 1.89. The summed E-state index contributed by atoms with van der Waals surface area (Å²) in [6.07, 6.45) is 4.60. The summed E-state index contributed by atoms with van der Waals surface area (Å²) in [6.45, 7) is 7.03. The number of piperidine rings is 1. The Morgan fingerprint density at radius 3 is 2.62 bits per heavy atom. The zero-order chi connectivity index (χ0) is 20.4. The van der Waals surface area contributed by atoms with Crippen LogP contribution in [0.25, 0.3) is 0 Å². The Morgan fingerprint density at radius 1 is 1.24 bits per heavy atom. The van der Waals surface area contributed by atoms with Gasteiger partial charge in [-0.1, -0.05) is 12.1 Å². The Balaban J connectivity index is 0.00000420. The van der Waals surface area contributed by atoms with Crippen LogP contribution in [-0.2, 0) is 6.42 Å². The van der Waals surface area contributed by atoms with E-state index in [1.54, 1.807) is 19.0 Å². The van der Waals surface area contributed by atoms with Gasteiger partial charge in [0, 0.05) is 39.3 Å². The van der Waals surface area contributed by atoms with E-state index in [4.69, 9.17) is 4.99 Å². The number of guanidine groups is 1. The summed E-state index contributed by atoms with van der Waals surface area (Å²) in [5, 5.41) is 6.75. The summed E-state index contributed by atoms with van der Waals surface area (Å²) < 4.78 is 0. The first-order valence-electron chi connectivity index (χ1n) is 10.5. The van der Waals surface area contributed by atoms with Crippen LogP contribution in [0.5, 0.6) is 0 Å². The van der Waals surface area contributed by atoms with Gasteiger partial charge in [-0.3, -0.25) is 9.79 Å². The lowest BCUT2D eigenvalue weighted by Gasteiger charge is -2.28. The van der Waals surface area contributed by atoms with Crippen molar-refractivity contribution in [2.75, 3.05) is 53.9 Å². The van der Waals surface area contributed by atoms with Crippen LogP contribution in [0.3, 0.4) is 0 Å². The van der Waals surface area contributed by atoms with Gasteiger partial charge < -0.3 is 20.4 Å². The molecule has 6 nitrogen and oxygen atoms in total. The van der Waals surface area contributed by atoms with Gasteiger partial charge in [0.1, 0.15) is 0 Å². The van der Waals surface area contributed by atoms with Crippen molar-refractivity contribution in [1.82, 2.24) is 20.4 Å². The molecule has 0 atom stereocenters. The number of rotatable bonds is 8. The second-order valence-electron chi connectivity index (χ2n) is 7.87. The molecule has 1 aliphatic rings. The molecule has 1 aliphatic heterocycles. The van der Waals surface area contributed by atoms with Crippen molar-refractivity contribution < 1.29 is 4.79 Å². The van der Waals surface area contributed by atoms with E-state index in [9.17, 15) is 4.79 Å². The molecule has 1 amide bonds. The molecule has 1 aromatic carbocycles. The van der Waals surface area contributed by atoms with Crippen molar-refractivity contribution >= 4 is 35.8 Å². The van der Waals surface area contributed by atoms with Gasteiger partial charge in [-0.15, -0.1) is 24.0 Å². The Hall–Kier alpha value is -1.35. The van der Waals surface area contributed by atoms with E-state index in [1.165, 1.54) is 32.4 Å². The van der Waals surface area contributed by atoms with Crippen molar-refractivity contribution in [3.63, 3.8) is 0 Å². The lowest BCUT2D eigenvalue weighted by atomic mass is 9.94. The number of benzene rings is 1. The highest BCUT2D eigenvalue weighted by atomic mass is 127. The van der Waals surface area contributed by atoms with Gasteiger partial charge in [-0.2, -0.15) is 0 Å². The Bertz CT molecular complexity index is 642. The molecule has 0 unspecified atom stereocenters. The van der Waals surface area contributed by atoms with Gasteiger partial charge in [-0.25, -0.2) is 0 Å². The van der Waals surface area contributed by atoms with E-state index in [0.717, 1.165) is 49.1 Å². The van der Waals surface area contributed by atoms with E-state index in [2.05, 4.69) is 35.6 Å². The van der Waals surface area contributed by atoms with Crippen LogP contribution in [0.1, 0.15) is 42.1 Å². The van der Waals surface area contributed by atoms with Crippen molar-refractivity contribution in [2.24, 2.45) is 10.9 Å². The Morgan fingerprint density at radius 2 is 1.97 bits per heavy atom. The van der Waals surface area contributed by atoms with Crippen LogP contribution in [0.4, 0.5) is 0 Å². The van der Waals surface area contributed by atoms with E-state index >= 15 is 0 Å². The molecule has 0 radical (unpaired) electrons. The van der Waals surface area contributed by atoms with E-state index in [-0.39, 0.29) is 29.9 Å². The molecule has 0 aliphatic carbocycles. The molecule has 164 valence electrons. The molecule has 1 fully saturated rings. The third-order valence-electron chi connectivity index (χ3n) is 5.28. The first-order chi connectivity index (χ1) is 13.5. The highest BCUT2D eigenvalue weighted by molar-refractivity contribution is 14.0. The van der Waals surface area contributed by atoms with E-state index in [1.807, 2.05) is 18.2 Å². The van der Waals surface area contributed by atoms with Crippen LogP contribution < -0.4 is 10.6 Å². The quantitative estimate of drug-likeness (QED) is 0.318. The van der Waals surface area contributed by atoms with Gasteiger partial charge in [0.2, 0.25) is 0 Å². The lowest BCUT2D eigenvalue weighted by molar-refractivity contribution is 0.0827. The minimum atomic E-state index is 0. The lowest BCUT2D eigenvalue weighted by Crippen LogP contribution is -2.38.